The number of carbonyl (C=O) groups is 1. The lowest BCUT2D eigenvalue weighted by Gasteiger charge is -2.30. The van der Waals surface area contributed by atoms with Crippen molar-refractivity contribution in [2.24, 2.45) is 13.0 Å². The summed E-state index contributed by atoms with van der Waals surface area (Å²) < 4.78 is 30.9. The minimum atomic E-state index is -3.90. The molecule has 2 aromatic rings. The number of rotatable bonds is 4. The minimum absolute atomic E-state index is 0.0803. The molecule has 28 heavy (non-hydrogen) atoms. The number of nitrogens with zero attached hydrogens (tertiary/aromatic N) is 2. The zero-order chi connectivity index (χ0) is 20.6. The Labute approximate surface area is 167 Å². The van der Waals surface area contributed by atoms with Crippen molar-refractivity contribution < 1.29 is 13.2 Å². The molecular weight excluding hydrogens is 374 g/mol. The van der Waals surface area contributed by atoms with E-state index in [1.807, 2.05) is 19.1 Å². The molecule has 1 aromatic carbocycles. The van der Waals surface area contributed by atoms with Crippen LogP contribution in [0.4, 0.5) is 5.69 Å². The summed E-state index contributed by atoms with van der Waals surface area (Å²) >= 11 is 0. The quantitative estimate of drug-likeness (QED) is 0.847. The zero-order valence-corrected chi connectivity index (χ0v) is 18.1. The lowest BCUT2D eigenvalue weighted by atomic mass is 9.98. The number of aromatic nitrogens is 1. The molecule has 2 heterocycles. The second kappa shape index (κ2) is 7.62. The number of hydrogen-bond acceptors (Lipinski definition) is 3. The molecule has 1 aromatic heterocycles. The summed E-state index contributed by atoms with van der Waals surface area (Å²) in [6.07, 6.45) is 1.89. The fourth-order valence-corrected chi connectivity index (χ4v) is 5.27. The third kappa shape index (κ3) is 3.81. The van der Waals surface area contributed by atoms with Gasteiger partial charge in [-0.3, -0.25) is 9.52 Å². The van der Waals surface area contributed by atoms with Gasteiger partial charge in [0.05, 0.1) is 5.56 Å². The summed E-state index contributed by atoms with van der Waals surface area (Å²) in [5, 5.41) is 0. The minimum Gasteiger partial charge on any atom is -0.350 e. The van der Waals surface area contributed by atoms with Gasteiger partial charge in [-0.15, -0.1) is 0 Å². The lowest BCUT2D eigenvalue weighted by molar-refractivity contribution is 0.0692. The van der Waals surface area contributed by atoms with Gasteiger partial charge in [0.25, 0.3) is 15.9 Å². The lowest BCUT2D eigenvalue weighted by Crippen LogP contribution is -2.38. The fraction of sp³-hybridized carbons (Fsp3) is 0.476. The van der Waals surface area contributed by atoms with E-state index in [4.69, 9.17) is 0 Å². The number of benzene rings is 1. The standard InChI is InChI=1S/C21H29N3O3S/c1-14-6-8-18(9-7-14)22-28(26,27)20-17(4)23(5)16(3)19(20)21(25)24-12-10-15(2)11-13-24/h6-9,15,22H,10-13H2,1-5H3. The van der Waals surface area contributed by atoms with Crippen molar-refractivity contribution in [1.29, 1.82) is 0 Å². The first-order valence-corrected chi connectivity index (χ1v) is 11.1. The number of likely N-dealkylation sites (tertiary alicyclic amines) is 1. The van der Waals surface area contributed by atoms with Crippen LogP contribution in [0.25, 0.3) is 0 Å². The van der Waals surface area contributed by atoms with Crippen LogP contribution in [0.15, 0.2) is 29.2 Å². The van der Waals surface area contributed by atoms with Crippen LogP contribution in [0, 0.1) is 26.7 Å². The van der Waals surface area contributed by atoms with Crippen molar-refractivity contribution >= 4 is 21.6 Å². The van der Waals surface area contributed by atoms with Crippen molar-refractivity contribution in [2.75, 3.05) is 17.8 Å². The average molecular weight is 404 g/mol. The average Bonchev–Trinajstić information content (AvgIpc) is 2.88. The Kier molecular flexibility index (Phi) is 5.57. The van der Waals surface area contributed by atoms with Crippen LogP contribution < -0.4 is 4.72 Å². The molecule has 0 aliphatic carbocycles. The van der Waals surface area contributed by atoms with E-state index in [0.717, 1.165) is 18.4 Å². The van der Waals surface area contributed by atoms with E-state index >= 15 is 0 Å². The molecule has 3 rings (SSSR count). The predicted octanol–water partition coefficient (Wildman–Crippen LogP) is 3.62. The molecule has 0 atom stereocenters. The molecule has 1 amide bonds. The monoisotopic (exact) mass is 403 g/mol. The van der Waals surface area contributed by atoms with E-state index in [9.17, 15) is 13.2 Å². The Morgan fingerprint density at radius 3 is 2.18 bits per heavy atom. The Morgan fingerprint density at radius 1 is 1.04 bits per heavy atom. The molecule has 0 saturated carbocycles. The first-order valence-electron chi connectivity index (χ1n) is 9.66. The van der Waals surface area contributed by atoms with Gasteiger partial charge < -0.3 is 9.47 Å². The van der Waals surface area contributed by atoms with Crippen molar-refractivity contribution in [3.05, 3.63) is 46.8 Å². The third-order valence-electron chi connectivity index (χ3n) is 5.78. The van der Waals surface area contributed by atoms with Crippen LogP contribution in [-0.4, -0.2) is 36.9 Å². The third-order valence-corrected chi connectivity index (χ3v) is 7.32. The van der Waals surface area contributed by atoms with Crippen LogP contribution in [-0.2, 0) is 17.1 Å². The van der Waals surface area contributed by atoms with E-state index in [-0.39, 0.29) is 16.4 Å². The Balaban J connectivity index is 2.02. The van der Waals surface area contributed by atoms with Gasteiger partial charge in [0.1, 0.15) is 4.90 Å². The van der Waals surface area contributed by atoms with E-state index in [0.29, 0.717) is 36.1 Å². The number of sulfonamides is 1. The van der Waals surface area contributed by atoms with Gasteiger partial charge >= 0.3 is 0 Å². The highest BCUT2D eigenvalue weighted by Gasteiger charge is 2.33. The SMILES string of the molecule is Cc1ccc(NS(=O)(=O)c2c(C(=O)N3CCC(C)CC3)c(C)n(C)c2C)cc1. The molecule has 6 nitrogen and oxygen atoms in total. The molecule has 7 heteroatoms. The Bertz CT molecular complexity index is 983. The molecular formula is C21H29N3O3S. The van der Waals surface area contributed by atoms with Crippen LogP contribution >= 0.6 is 0 Å². The van der Waals surface area contributed by atoms with Crippen molar-refractivity contribution in [3.8, 4) is 0 Å². The summed E-state index contributed by atoms with van der Waals surface area (Å²) in [7, 11) is -2.11. The van der Waals surface area contributed by atoms with Crippen LogP contribution in [0.1, 0.15) is 47.1 Å². The number of amides is 1. The first kappa shape index (κ1) is 20.5. The summed E-state index contributed by atoms with van der Waals surface area (Å²) in [5.41, 5.74) is 3.05. The second-order valence-electron chi connectivity index (χ2n) is 7.88. The zero-order valence-electron chi connectivity index (χ0n) is 17.2. The molecule has 0 bridgehead atoms. The predicted molar refractivity (Wildman–Crippen MR) is 111 cm³/mol. The first-order chi connectivity index (χ1) is 13.1. The molecule has 0 unspecified atom stereocenters. The highest BCUT2D eigenvalue weighted by molar-refractivity contribution is 7.92. The maximum atomic E-state index is 13.3. The number of nitrogens with one attached hydrogen (secondary N) is 1. The molecule has 1 aliphatic heterocycles. The summed E-state index contributed by atoms with van der Waals surface area (Å²) in [5.74, 6) is 0.395. The maximum absolute atomic E-state index is 13.3. The molecule has 152 valence electrons. The van der Waals surface area contributed by atoms with E-state index in [2.05, 4.69) is 11.6 Å². The highest BCUT2D eigenvalue weighted by atomic mass is 32.2. The van der Waals surface area contributed by atoms with Gasteiger partial charge in [-0.1, -0.05) is 24.6 Å². The Hall–Kier alpha value is -2.28. The van der Waals surface area contributed by atoms with E-state index < -0.39 is 10.0 Å². The number of anilines is 1. The van der Waals surface area contributed by atoms with Gasteiger partial charge in [-0.25, -0.2) is 8.42 Å². The Morgan fingerprint density at radius 2 is 1.61 bits per heavy atom. The van der Waals surface area contributed by atoms with Gasteiger partial charge in [0, 0.05) is 37.2 Å². The smallest absolute Gasteiger partial charge is 0.264 e. The van der Waals surface area contributed by atoms with Crippen LogP contribution in [0.5, 0.6) is 0 Å². The van der Waals surface area contributed by atoms with Gasteiger partial charge in [-0.05, 0) is 51.7 Å². The van der Waals surface area contributed by atoms with Gasteiger partial charge in [-0.2, -0.15) is 0 Å². The number of piperidine rings is 1. The van der Waals surface area contributed by atoms with Crippen LogP contribution in [0.3, 0.4) is 0 Å². The number of aryl methyl sites for hydroxylation is 1. The molecule has 1 N–H and O–H groups in total. The maximum Gasteiger partial charge on any atom is 0.264 e. The van der Waals surface area contributed by atoms with E-state index in [1.54, 1.807) is 42.5 Å². The van der Waals surface area contributed by atoms with Crippen molar-refractivity contribution in [2.45, 2.75) is 45.4 Å². The number of hydrogen-bond donors (Lipinski definition) is 1. The van der Waals surface area contributed by atoms with Crippen molar-refractivity contribution in [3.63, 3.8) is 0 Å². The molecule has 1 saturated heterocycles. The summed E-state index contributed by atoms with van der Waals surface area (Å²) in [4.78, 5) is 15.1. The summed E-state index contributed by atoms with van der Waals surface area (Å²) in [6, 6.07) is 7.15. The fourth-order valence-electron chi connectivity index (χ4n) is 3.70. The highest BCUT2D eigenvalue weighted by Crippen LogP contribution is 2.30. The number of carbonyl (C=O) groups excluding carboxylic acids is 1. The topological polar surface area (TPSA) is 71.4 Å². The van der Waals surface area contributed by atoms with Gasteiger partial charge in [0.15, 0.2) is 0 Å². The molecule has 0 radical (unpaired) electrons. The second-order valence-corrected chi connectivity index (χ2v) is 9.50. The van der Waals surface area contributed by atoms with Crippen molar-refractivity contribution in [1.82, 2.24) is 9.47 Å². The normalized spacial score (nSPS) is 15.7. The molecule has 1 aliphatic rings. The van der Waals surface area contributed by atoms with Gasteiger partial charge in [0.2, 0.25) is 0 Å². The largest absolute Gasteiger partial charge is 0.350 e. The van der Waals surface area contributed by atoms with E-state index in [1.165, 1.54) is 0 Å². The summed E-state index contributed by atoms with van der Waals surface area (Å²) in [6.45, 7) is 9.00. The molecule has 0 spiro atoms. The molecule has 1 fully saturated rings. The van der Waals surface area contributed by atoms with Crippen LogP contribution in [0.2, 0.25) is 0 Å².